The Hall–Kier alpha value is -6.39. The number of pyridine rings is 1. The topological polar surface area (TPSA) is 27.2 Å². The van der Waals surface area contributed by atoms with Crippen molar-refractivity contribution in [3.63, 3.8) is 0 Å². The van der Waals surface area contributed by atoms with Crippen molar-refractivity contribution in [2.75, 3.05) is 0 Å². The van der Waals surface area contributed by atoms with Crippen LogP contribution in [-0.2, 0) is 0 Å². The maximum atomic E-state index is 5.30. The van der Waals surface area contributed by atoms with E-state index in [1.807, 2.05) is 0 Å². The molecule has 0 fully saturated rings. The molecule has 0 atom stereocenters. The van der Waals surface area contributed by atoms with Crippen LogP contribution in [0.15, 0.2) is 158 Å². The third-order valence-electron chi connectivity index (χ3n) is 9.97. The molecule has 0 unspecified atom stereocenters. The second-order valence-corrected chi connectivity index (χ2v) is 12.4. The number of nitrogens with zero attached hydrogens (tertiary/aromatic N) is 4. The Morgan fingerprint density at radius 2 is 0.915 bits per heavy atom. The van der Waals surface area contributed by atoms with Crippen molar-refractivity contribution >= 4 is 82.0 Å². The van der Waals surface area contributed by atoms with Gasteiger partial charge in [-0.05, 0) is 66.7 Å². The Kier molecular flexibility index (Phi) is 4.81. The zero-order chi connectivity index (χ0) is 30.6. The first-order valence-corrected chi connectivity index (χ1v) is 16.1. The number of hydrogen-bond acceptors (Lipinski definition) is 1. The van der Waals surface area contributed by atoms with Gasteiger partial charge in [0, 0.05) is 49.1 Å². The highest BCUT2D eigenvalue weighted by Gasteiger charge is 2.24. The number of benzene rings is 7. The monoisotopic (exact) mass is 598 g/mol. The fourth-order valence-electron chi connectivity index (χ4n) is 8.14. The summed E-state index contributed by atoms with van der Waals surface area (Å²) in [7, 11) is 0. The van der Waals surface area contributed by atoms with Crippen molar-refractivity contribution in [1.29, 1.82) is 0 Å². The molecule has 0 N–H and O–H groups in total. The van der Waals surface area contributed by atoms with Crippen molar-refractivity contribution in [3.05, 3.63) is 158 Å². The molecular formula is C43H26N4. The van der Waals surface area contributed by atoms with E-state index in [2.05, 4.69) is 171 Å². The highest BCUT2D eigenvalue weighted by molar-refractivity contribution is 6.35. The number of imidazole rings is 1. The van der Waals surface area contributed by atoms with E-state index in [9.17, 15) is 0 Å². The summed E-state index contributed by atoms with van der Waals surface area (Å²) in [4.78, 5) is 5.30. The minimum Gasteiger partial charge on any atom is -0.309 e. The predicted octanol–water partition coefficient (Wildman–Crippen LogP) is 11.0. The zero-order valence-corrected chi connectivity index (χ0v) is 25.3. The fourth-order valence-corrected chi connectivity index (χ4v) is 8.14. The molecule has 4 aromatic heterocycles. The van der Waals surface area contributed by atoms with Crippen LogP contribution in [-0.4, -0.2) is 18.5 Å². The largest absolute Gasteiger partial charge is 0.309 e. The third-order valence-corrected chi connectivity index (χ3v) is 9.97. The first-order valence-electron chi connectivity index (χ1n) is 16.1. The molecule has 0 saturated heterocycles. The molecule has 0 amide bonds. The number of para-hydroxylation sites is 6. The minimum absolute atomic E-state index is 0.980. The van der Waals surface area contributed by atoms with Crippen molar-refractivity contribution in [2.24, 2.45) is 0 Å². The van der Waals surface area contributed by atoms with Gasteiger partial charge in [0.2, 0.25) is 0 Å². The molecule has 0 saturated carbocycles. The molecule has 47 heavy (non-hydrogen) atoms. The van der Waals surface area contributed by atoms with E-state index in [0.29, 0.717) is 0 Å². The molecular weight excluding hydrogens is 573 g/mol. The van der Waals surface area contributed by atoms with Gasteiger partial charge < -0.3 is 9.13 Å². The highest BCUT2D eigenvalue weighted by Crippen LogP contribution is 2.46. The Bertz CT molecular complexity index is 3050. The van der Waals surface area contributed by atoms with E-state index in [-0.39, 0.29) is 0 Å². The first-order chi connectivity index (χ1) is 23.4. The van der Waals surface area contributed by atoms with Gasteiger partial charge in [-0.1, -0.05) is 91.0 Å². The molecule has 0 bridgehead atoms. The number of rotatable bonds is 2. The van der Waals surface area contributed by atoms with Gasteiger partial charge in [0.15, 0.2) is 0 Å². The molecule has 4 heterocycles. The van der Waals surface area contributed by atoms with Crippen molar-refractivity contribution in [3.8, 4) is 11.4 Å². The summed E-state index contributed by atoms with van der Waals surface area (Å²) in [5.74, 6) is 0. The summed E-state index contributed by atoms with van der Waals surface area (Å²) >= 11 is 0. The summed E-state index contributed by atoms with van der Waals surface area (Å²) in [5.41, 5.74) is 11.3. The van der Waals surface area contributed by atoms with Crippen LogP contribution in [0.25, 0.3) is 93.3 Å². The summed E-state index contributed by atoms with van der Waals surface area (Å²) in [6, 6.07) is 56.9. The zero-order valence-electron chi connectivity index (χ0n) is 25.3. The highest BCUT2D eigenvalue weighted by atomic mass is 15.0. The second-order valence-electron chi connectivity index (χ2n) is 12.4. The summed E-state index contributed by atoms with van der Waals surface area (Å²) in [6.07, 6.45) is 0. The maximum Gasteiger partial charge on any atom is 0.146 e. The van der Waals surface area contributed by atoms with Gasteiger partial charge in [-0.3, -0.25) is 4.40 Å². The second kappa shape index (κ2) is 9.09. The quantitative estimate of drug-likeness (QED) is 0.182. The van der Waals surface area contributed by atoms with Gasteiger partial charge >= 0.3 is 0 Å². The number of hydrogen-bond donors (Lipinski definition) is 0. The van der Waals surface area contributed by atoms with E-state index >= 15 is 0 Å². The van der Waals surface area contributed by atoms with Crippen LogP contribution in [0.2, 0.25) is 0 Å². The van der Waals surface area contributed by atoms with Gasteiger partial charge in [-0.15, -0.1) is 0 Å². The normalized spacial score (nSPS) is 12.3. The van der Waals surface area contributed by atoms with E-state index in [1.165, 1.54) is 54.4 Å². The molecule has 11 rings (SSSR count). The van der Waals surface area contributed by atoms with Crippen molar-refractivity contribution in [1.82, 2.24) is 18.5 Å². The van der Waals surface area contributed by atoms with Crippen molar-refractivity contribution < 1.29 is 0 Å². The van der Waals surface area contributed by atoms with Gasteiger partial charge in [0.1, 0.15) is 5.65 Å². The molecule has 7 aromatic carbocycles. The Labute approximate surface area is 268 Å². The number of fused-ring (bicyclic) bond motifs is 16. The van der Waals surface area contributed by atoms with Gasteiger partial charge in [-0.25, -0.2) is 4.98 Å². The molecule has 0 aliphatic rings. The van der Waals surface area contributed by atoms with Gasteiger partial charge in [0.25, 0.3) is 0 Å². The molecule has 0 aliphatic heterocycles. The van der Waals surface area contributed by atoms with Gasteiger partial charge in [0.05, 0.1) is 38.6 Å². The molecule has 4 heteroatoms. The smallest absolute Gasteiger partial charge is 0.146 e. The maximum absolute atomic E-state index is 5.30. The average Bonchev–Trinajstić information content (AvgIpc) is 3.80. The predicted molar refractivity (Wildman–Crippen MR) is 196 cm³/mol. The van der Waals surface area contributed by atoms with Crippen LogP contribution in [0, 0.1) is 0 Å². The lowest BCUT2D eigenvalue weighted by atomic mass is 9.98. The molecule has 0 aliphatic carbocycles. The molecule has 4 nitrogen and oxygen atoms in total. The lowest BCUT2D eigenvalue weighted by Gasteiger charge is -2.15. The lowest BCUT2D eigenvalue weighted by molar-refractivity contribution is 1.18. The fraction of sp³-hybridized carbons (Fsp3) is 0. The van der Waals surface area contributed by atoms with E-state index in [1.54, 1.807) is 0 Å². The first kappa shape index (κ1) is 24.9. The molecule has 0 radical (unpaired) electrons. The average molecular weight is 599 g/mol. The van der Waals surface area contributed by atoms with Crippen LogP contribution in [0.1, 0.15) is 0 Å². The molecule has 0 spiro atoms. The van der Waals surface area contributed by atoms with E-state index in [4.69, 9.17) is 4.98 Å². The van der Waals surface area contributed by atoms with Gasteiger partial charge in [-0.2, -0.15) is 0 Å². The lowest BCUT2D eigenvalue weighted by Crippen LogP contribution is -1.98. The van der Waals surface area contributed by atoms with Crippen LogP contribution in [0.4, 0.5) is 0 Å². The Morgan fingerprint density at radius 3 is 1.68 bits per heavy atom. The van der Waals surface area contributed by atoms with Crippen molar-refractivity contribution in [2.45, 2.75) is 0 Å². The van der Waals surface area contributed by atoms with E-state index in [0.717, 1.165) is 39.0 Å². The Balaban J connectivity index is 1.51. The van der Waals surface area contributed by atoms with Crippen LogP contribution >= 0.6 is 0 Å². The summed E-state index contributed by atoms with van der Waals surface area (Å²) < 4.78 is 7.25. The standard InChI is InChI=1S/C43H26N4/c1-3-13-27(14-4-1)45-35-21-11-8-18-31(35)39-37(45)26-24-32-40(39)41-38(47-36-22-12-9-19-33(36)44-43(32)47)25-23-30-29-17-7-10-20-34(29)46(42(30)41)28-15-5-2-6-16-28/h1-26H. The molecule has 11 aromatic rings. The number of aromatic nitrogens is 4. The summed E-state index contributed by atoms with van der Waals surface area (Å²) in [6.45, 7) is 0. The third kappa shape index (κ3) is 3.19. The van der Waals surface area contributed by atoms with E-state index < -0.39 is 0 Å². The minimum atomic E-state index is 0.980. The summed E-state index contributed by atoms with van der Waals surface area (Å²) in [5, 5.41) is 8.58. The van der Waals surface area contributed by atoms with Crippen LogP contribution in [0.3, 0.4) is 0 Å². The molecule has 218 valence electrons. The Morgan fingerprint density at radius 1 is 0.340 bits per heavy atom. The van der Waals surface area contributed by atoms with Crippen LogP contribution < -0.4 is 0 Å². The SMILES string of the molecule is c1ccc(-n2c3ccccc3c3c4c(ccc32)c2nc3ccccc3n2c2ccc3c5ccccc5n(-c5ccccc5)c3c42)cc1. The van der Waals surface area contributed by atoms with Crippen LogP contribution in [0.5, 0.6) is 0 Å².